The predicted molar refractivity (Wildman–Crippen MR) is 96.7 cm³/mol. The molecule has 0 aliphatic rings. The Morgan fingerprint density at radius 1 is 1.08 bits per heavy atom. The second-order valence-electron chi connectivity index (χ2n) is 5.96. The fourth-order valence-corrected chi connectivity index (χ4v) is 2.63. The van der Waals surface area contributed by atoms with E-state index in [4.69, 9.17) is 0 Å². The lowest BCUT2D eigenvalue weighted by atomic mass is 10.1. The van der Waals surface area contributed by atoms with Gasteiger partial charge in [0, 0.05) is 41.3 Å². The minimum absolute atomic E-state index is 0.0943. The van der Waals surface area contributed by atoms with Gasteiger partial charge in [0.1, 0.15) is 11.6 Å². The zero-order chi connectivity index (χ0) is 18.0. The zero-order valence-electron chi connectivity index (χ0n) is 14.3. The van der Waals surface area contributed by atoms with Crippen LogP contribution in [0.25, 0.3) is 11.4 Å². The van der Waals surface area contributed by atoms with Gasteiger partial charge >= 0.3 is 0 Å². The van der Waals surface area contributed by atoms with Crippen molar-refractivity contribution in [2.75, 3.05) is 5.32 Å². The minimum Gasteiger partial charge on any atom is -0.366 e. The molecule has 25 heavy (non-hydrogen) atoms. The number of nitrogens with zero attached hydrogens (tertiary/aromatic N) is 2. The van der Waals surface area contributed by atoms with E-state index in [-0.39, 0.29) is 11.1 Å². The number of rotatable bonds is 4. The molecule has 128 valence electrons. The Balaban J connectivity index is 1.77. The topological polar surface area (TPSA) is 104 Å². The first kappa shape index (κ1) is 16.6. The van der Waals surface area contributed by atoms with Crippen LogP contribution in [0.1, 0.15) is 22.5 Å². The van der Waals surface area contributed by atoms with E-state index in [0.29, 0.717) is 29.4 Å². The lowest BCUT2D eigenvalue weighted by Gasteiger charge is -2.09. The van der Waals surface area contributed by atoms with E-state index in [1.807, 2.05) is 26.0 Å². The molecule has 0 aliphatic heterocycles. The maximum atomic E-state index is 12.0. The van der Waals surface area contributed by atoms with E-state index in [2.05, 4.69) is 25.3 Å². The van der Waals surface area contributed by atoms with Crippen LogP contribution in [-0.4, -0.2) is 19.9 Å². The number of anilines is 1. The number of hydrogen-bond donors (Lipinski definition) is 3. The molecule has 0 atom stereocenters. The van der Waals surface area contributed by atoms with Crippen molar-refractivity contribution in [1.29, 1.82) is 0 Å². The highest BCUT2D eigenvalue weighted by Crippen LogP contribution is 2.15. The maximum Gasteiger partial charge on any atom is 0.253 e. The van der Waals surface area contributed by atoms with E-state index in [9.17, 15) is 9.59 Å². The van der Waals surface area contributed by atoms with Gasteiger partial charge in [0.25, 0.3) is 11.1 Å². The quantitative estimate of drug-likeness (QED) is 0.676. The number of aryl methyl sites for hydroxylation is 3. The molecule has 0 radical (unpaired) electrons. The number of pyridine rings is 2. The molecule has 7 heteroatoms. The zero-order valence-corrected chi connectivity index (χ0v) is 14.3. The van der Waals surface area contributed by atoms with Crippen molar-refractivity contribution in [3.63, 3.8) is 0 Å². The molecular formula is C18H19N5O2. The van der Waals surface area contributed by atoms with Gasteiger partial charge < -0.3 is 15.3 Å². The summed E-state index contributed by atoms with van der Waals surface area (Å²) < 4.78 is 0. The number of H-pyrrole nitrogens is 2. The van der Waals surface area contributed by atoms with Crippen LogP contribution >= 0.6 is 0 Å². The van der Waals surface area contributed by atoms with Crippen molar-refractivity contribution in [3.05, 3.63) is 73.7 Å². The molecule has 7 nitrogen and oxygen atoms in total. The molecule has 0 bridgehead atoms. The molecule has 0 saturated heterocycles. The van der Waals surface area contributed by atoms with Crippen LogP contribution in [0.15, 0.2) is 40.1 Å². The highest BCUT2D eigenvalue weighted by atomic mass is 16.1. The Morgan fingerprint density at radius 2 is 1.88 bits per heavy atom. The van der Waals surface area contributed by atoms with Crippen molar-refractivity contribution in [2.45, 2.75) is 27.3 Å². The van der Waals surface area contributed by atoms with Crippen LogP contribution in [0.4, 0.5) is 5.82 Å². The number of hydrogen-bond acceptors (Lipinski definition) is 5. The van der Waals surface area contributed by atoms with Gasteiger partial charge in [0.05, 0.1) is 0 Å². The summed E-state index contributed by atoms with van der Waals surface area (Å²) >= 11 is 0. The van der Waals surface area contributed by atoms with Gasteiger partial charge in [-0.05, 0) is 44.5 Å². The molecule has 0 aliphatic carbocycles. The fourth-order valence-electron chi connectivity index (χ4n) is 2.63. The molecular weight excluding hydrogens is 318 g/mol. The number of aromatic nitrogens is 4. The van der Waals surface area contributed by atoms with Crippen molar-refractivity contribution in [1.82, 2.24) is 19.9 Å². The van der Waals surface area contributed by atoms with Gasteiger partial charge in [-0.3, -0.25) is 9.59 Å². The summed E-state index contributed by atoms with van der Waals surface area (Å²) in [5, 5.41) is 3.14. The van der Waals surface area contributed by atoms with Crippen LogP contribution in [-0.2, 0) is 6.54 Å². The standard InChI is InChI=1S/C18H19N5O2/c1-10-6-11(2)22-18(25)14(10)9-20-15-5-4-13(8-19-15)17-21-12(3)7-16(24)23-17/h4-8H,9H2,1-3H3,(H,19,20)(H,22,25)(H,21,23,24). The summed E-state index contributed by atoms with van der Waals surface area (Å²) in [7, 11) is 0. The third-order valence-electron chi connectivity index (χ3n) is 3.85. The van der Waals surface area contributed by atoms with Crippen molar-refractivity contribution >= 4 is 5.82 Å². The summed E-state index contributed by atoms with van der Waals surface area (Å²) in [5.74, 6) is 1.12. The van der Waals surface area contributed by atoms with Gasteiger partial charge in [0.15, 0.2) is 0 Å². The highest BCUT2D eigenvalue weighted by Gasteiger charge is 2.06. The van der Waals surface area contributed by atoms with E-state index < -0.39 is 0 Å². The first-order valence-corrected chi connectivity index (χ1v) is 7.90. The van der Waals surface area contributed by atoms with E-state index in [1.54, 1.807) is 19.2 Å². The molecule has 3 aromatic heterocycles. The van der Waals surface area contributed by atoms with Gasteiger partial charge in [-0.25, -0.2) is 9.97 Å². The maximum absolute atomic E-state index is 12.0. The van der Waals surface area contributed by atoms with Gasteiger partial charge in [0.2, 0.25) is 0 Å². The predicted octanol–water partition coefficient (Wildman–Crippen LogP) is 2.06. The Labute approximate surface area is 144 Å². The Bertz CT molecular complexity index is 1020. The first-order valence-electron chi connectivity index (χ1n) is 7.90. The largest absolute Gasteiger partial charge is 0.366 e. The smallest absolute Gasteiger partial charge is 0.253 e. The summed E-state index contributed by atoms with van der Waals surface area (Å²) in [6, 6.07) is 6.98. The van der Waals surface area contributed by atoms with E-state index in [1.165, 1.54) is 6.07 Å². The van der Waals surface area contributed by atoms with Crippen LogP contribution in [0.3, 0.4) is 0 Å². The third kappa shape index (κ3) is 3.82. The number of nitrogens with one attached hydrogen (secondary N) is 3. The second-order valence-corrected chi connectivity index (χ2v) is 5.96. The fraction of sp³-hybridized carbons (Fsp3) is 0.222. The van der Waals surface area contributed by atoms with E-state index in [0.717, 1.165) is 16.8 Å². The molecule has 0 spiro atoms. The minimum atomic E-state index is -0.196. The lowest BCUT2D eigenvalue weighted by Crippen LogP contribution is -2.18. The number of aromatic amines is 2. The Kier molecular flexibility index (Phi) is 4.47. The molecule has 3 rings (SSSR count). The van der Waals surface area contributed by atoms with Gasteiger partial charge in [-0.2, -0.15) is 0 Å². The van der Waals surface area contributed by atoms with Crippen molar-refractivity contribution < 1.29 is 0 Å². The van der Waals surface area contributed by atoms with Crippen LogP contribution in [0.5, 0.6) is 0 Å². The van der Waals surface area contributed by atoms with Crippen molar-refractivity contribution in [2.24, 2.45) is 0 Å². The summed E-state index contributed by atoms with van der Waals surface area (Å²) in [6.45, 7) is 5.92. The summed E-state index contributed by atoms with van der Waals surface area (Å²) in [6.07, 6.45) is 1.63. The summed E-state index contributed by atoms with van der Waals surface area (Å²) in [5.41, 5.74) is 3.54. The van der Waals surface area contributed by atoms with Crippen LogP contribution in [0.2, 0.25) is 0 Å². The van der Waals surface area contributed by atoms with Crippen LogP contribution in [0, 0.1) is 20.8 Å². The monoisotopic (exact) mass is 337 g/mol. The van der Waals surface area contributed by atoms with Gasteiger partial charge in [-0.15, -0.1) is 0 Å². The average molecular weight is 337 g/mol. The molecule has 3 aromatic rings. The SMILES string of the molecule is Cc1cc(=O)[nH]c(-c2ccc(NCc3c(C)cc(C)[nH]c3=O)nc2)n1. The lowest BCUT2D eigenvalue weighted by molar-refractivity contribution is 1.00. The molecule has 0 fully saturated rings. The van der Waals surface area contributed by atoms with Crippen LogP contribution < -0.4 is 16.4 Å². The van der Waals surface area contributed by atoms with Gasteiger partial charge in [-0.1, -0.05) is 0 Å². The molecule has 0 amide bonds. The second kappa shape index (κ2) is 6.72. The third-order valence-corrected chi connectivity index (χ3v) is 3.85. The Morgan fingerprint density at radius 3 is 2.52 bits per heavy atom. The first-order chi connectivity index (χ1) is 11.9. The average Bonchev–Trinajstić information content (AvgIpc) is 2.53. The van der Waals surface area contributed by atoms with E-state index >= 15 is 0 Å². The molecule has 3 N–H and O–H groups in total. The molecule has 0 aromatic carbocycles. The highest BCUT2D eigenvalue weighted by molar-refractivity contribution is 5.55. The molecule has 0 unspecified atom stereocenters. The van der Waals surface area contributed by atoms with Crippen molar-refractivity contribution in [3.8, 4) is 11.4 Å². The summed E-state index contributed by atoms with van der Waals surface area (Å²) in [4.78, 5) is 37.7. The Hall–Kier alpha value is -3.22. The normalized spacial score (nSPS) is 10.7. The molecule has 3 heterocycles. The molecule has 0 saturated carbocycles.